The summed E-state index contributed by atoms with van der Waals surface area (Å²) in [7, 11) is 0. The van der Waals surface area contributed by atoms with Crippen LogP contribution in [0, 0.1) is 5.92 Å². The molecule has 4 heteroatoms. The number of carboxylic acid groups (broad SMARTS) is 1. The highest BCUT2D eigenvalue weighted by Crippen LogP contribution is 1.99. The largest absolute Gasteiger partial charge is 0.481 e. The molecular formula is C7H14N2O2. The van der Waals surface area contributed by atoms with Crippen LogP contribution in [0.4, 0.5) is 0 Å². The summed E-state index contributed by atoms with van der Waals surface area (Å²) in [6, 6.07) is 0. The molecule has 1 heterocycles. The number of hydrogen-bond donors (Lipinski definition) is 3. The van der Waals surface area contributed by atoms with Gasteiger partial charge in [0.1, 0.15) is 0 Å². The van der Waals surface area contributed by atoms with Crippen molar-refractivity contribution in [3.63, 3.8) is 0 Å². The lowest BCUT2D eigenvalue weighted by Gasteiger charge is -2.27. The van der Waals surface area contributed by atoms with Crippen molar-refractivity contribution in [2.45, 2.75) is 6.42 Å². The van der Waals surface area contributed by atoms with Crippen LogP contribution in [0.2, 0.25) is 0 Å². The van der Waals surface area contributed by atoms with Gasteiger partial charge in [-0.2, -0.15) is 0 Å². The van der Waals surface area contributed by atoms with Gasteiger partial charge in [-0.25, -0.2) is 0 Å². The average Bonchev–Trinajstić information content (AvgIpc) is 1.82. The van der Waals surface area contributed by atoms with Crippen LogP contribution in [-0.2, 0) is 4.79 Å². The van der Waals surface area contributed by atoms with E-state index in [1.165, 1.54) is 0 Å². The van der Waals surface area contributed by atoms with E-state index in [0.717, 1.165) is 19.6 Å². The molecule has 0 aromatic rings. The molecule has 1 rings (SSSR count). The number of hydrogen-bond acceptors (Lipinski definition) is 3. The summed E-state index contributed by atoms with van der Waals surface area (Å²) in [5.41, 5.74) is 0. The maximum Gasteiger partial charge on any atom is 0.304 e. The van der Waals surface area contributed by atoms with Crippen LogP contribution < -0.4 is 10.6 Å². The van der Waals surface area contributed by atoms with Crippen LogP contribution in [0.25, 0.3) is 0 Å². The first-order valence-corrected chi connectivity index (χ1v) is 3.92. The van der Waals surface area contributed by atoms with Gasteiger partial charge in [0.25, 0.3) is 0 Å². The SMILES string of the molecule is O=C(O)CCNCC1CNC1. The number of rotatable bonds is 5. The Hall–Kier alpha value is -0.610. The molecule has 0 amide bonds. The molecule has 0 aromatic heterocycles. The molecule has 3 N–H and O–H groups in total. The number of carbonyl (C=O) groups is 1. The Kier molecular flexibility index (Phi) is 3.32. The molecule has 0 atom stereocenters. The van der Waals surface area contributed by atoms with Crippen LogP contribution in [0.5, 0.6) is 0 Å². The lowest BCUT2D eigenvalue weighted by atomic mass is 10.0. The fourth-order valence-corrected chi connectivity index (χ4v) is 0.994. The average molecular weight is 158 g/mol. The molecule has 1 saturated heterocycles. The summed E-state index contributed by atoms with van der Waals surface area (Å²) in [5.74, 6) is -0.0203. The third-order valence-corrected chi connectivity index (χ3v) is 1.81. The highest BCUT2D eigenvalue weighted by atomic mass is 16.4. The van der Waals surface area contributed by atoms with E-state index >= 15 is 0 Å². The van der Waals surface area contributed by atoms with Crippen molar-refractivity contribution >= 4 is 5.97 Å². The highest BCUT2D eigenvalue weighted by molar-refractivity contribution is 5.66. The van der Waals surface area contributed by atoms with E-state index in [9.17, 15) is 4.79 Å². The molecule has 0 unspecified atom stereocenters. The Morgan fingerprint density at radius 3 is 2.82 bits per heavy atom. The number of nitrogens with one attached hydrogen (secondary N) is 2. The lowest BCUT2D eigenvalue weighted by molar-refractivity contribution is -0.136. The number of aliphatic carboxylic acids is 1. The predicted octanol–water partition coefficient (Wildman–Crippen LogP) is -0.730. The van der Waals surface area contributed by atoms with E-state index in [1.807, 2.05) is 0 Å². The maximum absolute atomic E-state index is 10.1. The topological polar surface area (TPSA) is 61.4 Å². The molecule has 1 aliphatic rings. The second kappa shape index (κ2) is 4.31. The summed E-state index contributed by atoms with van der Waals surface area (Å²) in [6.07, 6.45) is 0.222. The molecule has 0 bridgehead atoms. The van der Waals surface area contributed by atoms with Gasteiger partial charge in [0, 0.05) is 26.2 Å². The standard InChI is InChI=1S/C7H14N2O2/c10-7(11)1-2-8-3-6-4-9-5-6/h6,8-9H,1-5H2,(H,10,11). The Morgan fingerprint density at radius 1 is 1.64 bits per heavy atom. The Balaban J connectivity index is 1.83. The maximum atomic E-state index is 10.1. The quantitative estimate of drug-likeness (QED) is 0.462. The van der Waals surface area contributed by atoms with Crippen LogP contribution in [0.15, 0.2) is 0 Å². The lowest BCUT2D eigenvalue weighted by Crippen LogP contribution is -2.47. The predicted molar refractivity (Wildman–Crippen MR) is 41.5 cm³/mol. The summed E-state index contributed by atoms with van der Waals surface area (Å²) in [6.45, 7) is 3.67. The first kappa shape index (κ1) is 8.49. The summed E-state index contributed by atoms with van der Waals surface area (Å²) >= 11 is 0. The smallest absolute Gasteiger partial charge is 0.304 e. The van der Waals surface area contributed by atoms with Crippen LogP contribution in [-0.4, -0.2) is 37.3 Å². The minimum absolute atomic E-state index is 0.222. The Bertz CT molecular complexity index is 134. The molecule has 0 spiro atoms. The van der Waals surface area contributed by atoms with Crippen molar-refractivity contribution in [1.82, 2.24) is 10.6 Å². The molecule has 0 aromatic carbocycles. The molecule has 64 valence electrons. The van der Waals surface area contributed by atoms with E-state index in [2.05, 4.69) is 10.6 Å². The third kappa shape index (κ3) is 3.34. The van der Waals surface area contributed by atoms with Crippen molar-refractivity contribution in [3.05, 3.63) is 0 Å². The van der Waals surface area contributed by atoms with Gasteiger partial charge >= 0.3 is 5.97 Å². The number of carboxylic acids is 1. The molecule has 1 fully saturated rings. The normalized spacial score (nSPS) is 17.8. The first-order valence-electron chi connectivity index (χ1n) is 3.92. The van der Waals surface area contributed by atoms with E-state index in [0.29, 0.717) is 12.5 Å². The monoisotopic (exact) mass is 158 g/mol. The van der Waals surface area contributed by atoms with Crippen LogP contribution in [0.1, 0.15) is 6.42 Å². The van der Waals surface area contributed by atoms with Crippen LogP contribution in [0.3, 0.4) is 0 Å². The molecule has 0 aliphatic carbocycles. The summed E-state index contributed by atoms with van der Waals surface area (Å²) < 4.78 is 0. The van der Waals surface area contributed by atoms with Crippen molar-refractivity contribution < 1.29 is 9.90 Å². The van der Waals surface area contributed by atoms with Gasteiger partial charge in [-0.1, -0.05) is 0 Å². The zero-order valence-corrected chi connectivity index (χ0v) is 6.47. The first-order chi connectivity index (χ1) is 5.29. The van der Waals surface area contributed by atoms with E-state index in [4.69, 9.17) is 5.11 Å². The van der Waals surface area contributed by atoms with Gasteiger partial charge in [-0.15, -0.1) is 0 Å². The second-order valence-corrected chi connectivity index (χ2v) is 2.87. The van der Waals surface area contributed by atoms with Crippen molar-refractivity contribution in [1.29, 1.82) is 0 Å². The van der Waals surface area contributed by atoms with E-state index in [1.54, 1.807) is 0 Å². The van der Waals surface area contributed by atoms with Gasteiger partial charge in [0.15, 0.2) is 0 Å². The molecule has 11 heavy (non-hydrogen) atoms. The van der Waals surface area contributed by atoms with Crippen LogP contribution >= 0.6 is 0 Å². The van der Waals surface area contributed by atoms with Crippen molar-refractivity contribution in [2.24, 2.45) is 5.92 Å². The minimum Gasteiger partial charge on any atom is -0.481 e. The molecule has 1 aliphatic heterocycles. The third-order valence-electron chi connectivity index (χ3n) is 1.81. The minimum atomic E-state index is -0.732. The zero-order valence-electron chi connectivity index (χ0n) is 6.47. The van der Waals surface area contributed by atoms with E-state index in [-0.39, 0.29) is 6.42 Å². The molecular weight excluding hydrogens is 144 g/mol. The molecule has 4 nitrogen and oxygen atoms in total. The van der Waals surface area contributed by atoms with Gasteiger partial charge < -0.3 is 15.7 Å². The van der Waals surface area contributed by atoms with Crippen molar-refractivity contribution in [2.75, 3.05) is 26.2 Å². The Labute approximate surface area is 66.0 Å². The fourth-order valence-electron chi connectivity index (χ4n) is 0.994. The fraction of sp³-hybridized carbons (Fsp3) is 0.857. The highest BCUT2D eigenvalue weighted by Gasteiger charge is 2.15. The van der Waals surface area contributed by atoms with Gasteiger partial charge in [0.2, 0.25) is 0 Å². The second-order valence-electron chi connectivity index (χ2n) is 2.87. The van der Waals surface area contributed by atoms with Crippen molar-refractivity contribution in [3.8, 4) is 0 Å². The Morgan fingerprint density at radius 2 is 2.36 bits per heavy atom. The van der Waals surface area contributed by atoms with Gasteiger partial charge in [0.05, 0.1) is 6.42 Å². The van der Waals surface area contributed by atoms with E-state index < -0.39 is 5.97 Å². The summed E-state index contributed by atoms with van der Waals surface area (Å²) in [5, 5.41) is 14.5. The summed E-state index contributed by atoms with van der Waals surface area (Å²) in [4.78, 5) is 10.1. The van der Waals surface area contributed by atoms with Gasteiger partial charge in [-0.05, 0) is 5.92 Å². The molecule has 0 radical (unpaired) electrons. The van der Waals surface area contributed by atoms with Gasteiger partial charge in [-0.3, -0.25) is 4.79 Å². The molecule has 0 saturated carbocycles. The zero-order chi connectivity index (χ0) is 8.10.